The Labute approximate surface area is 288 Å². The number of ketones is 1. The van der Waals surface area contributed by atoms with Crippen molar-refractivity contribution in [1.29, 1.82) is 0 Å². The van der Waals surface area contributed by atoms with Crippen molar-refractivity contribution in [2.45, 2.75) is 41.0 Å². The van der Waals surface area contributed by atoms with Gasteiger partial charge < -0.3 is 31.7 Å². The molecule has 0 bridgehead atoms. The number of nitrogen functional groups attached to an aromatic ring is 1. The third-order valence-corrected chi connectivity index (χ3v) is 6.54. The molecule has 2 aromatic rings. The molecule has 49 heavy (non-hydrogen) atoms. The molecule has 0 unspecified atom stereocenters. The molecule has 0 aliphatic carbocycles. The Morgan fingerprint density at radius 3 is 1.61 bits per heavy atom. The van der Waals surface area contributed by atoms with Crippen molar-refractivity contribution in [2.24, 2.45) is 0 Å². The van der Waals surface area contributed by atoms with Gasteiger partial charge in [0.15, 0.2) is 5.78 Å². The van der Waals surface area contributed by atoms with Crippen LogP contribution < -0.4 is 16.4 Å². The number of anilines is 2. The number of benzene rings is 2. The number of nitrogens with two attached hydrogens (primary N) is 1. The fourth-order valence-electron chi connectivity index (χ4n) is 4.35. The van der Waals surface area contributed by atoms with Crippen LogP contribution in [-0.4, -0.2) is 131 Å². The number of rotatable bonds is 21. The van der Waals surface area contributed by atoms with Gasteiger partial charge in [-0.25, -0.2) is 0 Å². The van der Waals surface area contributed by atoms with E-state index in [0.717, 1.165) is 5.56 Å². The molecule has 0 aliphatic rings. The molecule has 2 aromatic carbocycles. The van der Waals surface area contributed by atoms with Gasteiger partial charge in [0.05, 0.1) is 32.7 Å². The number of carboxylic acid groups (broad SMARTS) is 3. The molecule has 15 nitrogen and oxygen atoms in total. The summed E-state index contributed by atoms with van der Waals surface area (Å²) in [6.45, 7) is 7.92. The summed E-state index contributed by atoms with van der Waals surface area (Å²) in [5.74, 6) is -4.63. The van der Waals surface area contributed by atoms with Crippen LogP contribution in [0.3, 0.4) is 0 Å². The average Bonchev–Trinajstić information content (AvgIpc) is 3.04. The monoisotopic (exact) mass is 688 g/mol. The Kier molecular flexibility index (Phi) is 22.7. The third-order valence-electron chi connectivity index (χ3n) is 6.54. The van der Waals surface area contributed by atoms with Gasteiger partial charge in [-0.1, -0.05) is 52.0 Å². The summed E-state index contributed by atoms with van der Waals surface area (Å²) in [5.41, 5.74) is 8.02. The molecule has 0 spiro atoms. The second kappa shape index (κ2) is 25.2. The van der Waals surface area contributed by atoms with E-state index in [2.05, 4.69) is 10.6 Å². The van der Waals surface area contributed by atoms with E-state index in [1.165, 1.54) is 27.7 Å². The van der Waals surface area contributed by atoms with E-state index >= 15 is 0 Å². The lowest BCUT2D eigenvalue weighted by atomic mass is 10.1. The first-order valence-electron chi connectivity index (χ1n) is 16.1. The zero-order chi connectivity index (χ0) is 37.4. The van der Waals surface area contributed by atoms with Gasteiger partial charge in [-0.3, -0.25) is 43.5 Å². The van der Waals surface area contributed by atoms with Crippen molar-refractivity contribution in [3.8, 4) is 0 Å². The van der Waals surface area contributed by atoms with Crippen LogP contribution in [0, 0.1) is 0 Å². The molecule has 0 radical (unpaired) electrons. The van der Waals surface area contributed by atoms with Crippen LogP contribution in [0.15, 0.2) is 48.5 Å². The zero-order valence-corrected chi connectivity index (χ0v) is 29.1. The molecular formula is C34H52N6O9. The predicted octanol–water partition coefficient (Wildman–Crippen LogP) is 1.98. The maximum absolute atomic E-state index is 12.7. The summed E-state index contributed by atoms with van der Waals surface area (Å²) in [6.07, 6.45) is 0.549. The summed E-state index contributed by atoms with van der Waals surface area (Å²) in [4.78, 5) is 75.4. The summed E-state index contributed by atoms with van der Waals surface area (Å²) >= 11 is 0. The van der Waals surface area contributed by atoms with E-state index in [0.29, 0.717) is 29.9 Å². The second-order valence-corrected chi connectivity index (χ2v) is 10.4. The van der Waals surface area contributed by atoms with Gasteiger partial charge in [0.2, 0.25) is 11.8 Å². The number of nitrogens with one attached hydrogen (secondary N) is 2. The first-order valence-corrected chi connectivity index (χ1v) is 16.1. The summed E-state index contributed by atoms with van der Waals surface area (Å²) in [5, 5.41) is 33.5. The predicted molar refractivity (Wildman–Crippen MR) is 188 cm³/mol. The van der Waals surface area contributed by atoms with Crippen molar-refractivity contribution in [2.75, 3.05) is 76.5 Å². The van der Waals surface area contributed by atoms with Gasteiger partial charge in [0.1, 0.15) is 0 Å². The Morgan fingerprint density at radius 2 is 1.12 bits per heavy atom. The molecular weight excluding hydrogens is 636 g/mol. The minimum absolute atomic E-state index is 0.00500. The standard InChI is InChI=1S/C30H40N6O9.2C2H6/c1-21(37)23-3-2-4-25(15-23)33-27(39)17-36(20-30(44)45)14-12-34(18-28(40)41)11-13-35(19-29(42)43)16-26(38)32-10-9-22-5-7-24(31)8-6-22;2*1-2/h2-8,15H,9-14,16-20,31H2,1H3,(H,32,38)(H,33,39)(H,40,41)(H,42,43)(H,44,45);2*1-2H3. The van der Waals surface area contributed by atoms with Crippen molar-refractivity contribution >= 4 is 46.9 Å². The number of hydrogen-bond donors (Lipinski definition) is 6. The highest BCUT2D eigenvalue weighted by Crippen LogP contribution is 2.11. The largest absolute Gasteiger partial charge is 0.480 e. The number of carbonyl (C=O) groups is 6. The van der Waals surface area contributed by atoms with E-state index in [-0.39, 0.29) is 45.1 Å². The first-order chi connectivity index (χ1) is 23.3. The summed E-state index contributed by atoms with van der Waals surface area (Å²) in [7, 11) is 0. The molecule has 0 heterocycles. The molecule has 0 aliphatic heterocycles. The molecule has 0 atom stereocenters. The molecule has 0 saturated carbocycles. The summed E-state index contributed by atoms with van der Waals surface area (Å²) in [6, 6.07) is 13.5. The van der Waals surface area contributed by atoms with Crippen LogP contribution in [0.5, 0.6) is 0 Å². The Bertz CT molecular complexity index is 1340. The van der Waals surface area contributed by atoms with Crippen molar-refractivity contribution < 1.29 is 44.1 Å². The number of nitrogens with zero attached hydrogens (tertiary/aromatic N) is 3. The van der Waals surface area contributed by atoms with Crippen LogP contribution in [0.2, 0.25) is 0 Å². The number of amides is 2. The highest BCUT2D eigenvalue weighted by atomic mass is 16.4. The maximum atomic E-state index is 12.7. The Morgan fingerprint density at radius 1 is 0.653 bits per heavy atom. The maximum Gasteiger partial charge on any atom is 0.317 e. The van der Waals surface area contributed by atoms with E-state index in [4.69, 9.17) is 5.73 Å². The highest BCUT2D eigenvalue weighted by Gasteiger charge is 2.20. The molecule has 0 fully saturated rings. The number of Topliss-reactive ketones (excluding diaryl/α,β-unsaturated/α-hetero) is 1. The van der Waals surface area contributed by atoms with E-state index in [1.54, 1.807) is 30.3 Å². The molecule has 2 rings (SSSR count). The second-order valence-electron chi connectivity index (χ2n) is 10.4. The van der Waals surface area contributed by atoms with Gasteiger partial charge >= 0.3 is 17.9 Å². The van der Waals surface area contributed by atoms with Crippen LogP contribution in [0.1, 0.15) is 50.5 Å². The average molecular weight is 689 g/mol. The number of carboxylic acids is 3. The van der Waals surface area contributed by atoms with Crippen LogP contribution in [-0.2, 0) is 30.4 Å². The Balaban J connectivity index is 0.00000554. The van der Waals surface area contributed by atoms with Crippen LogP contribution in [0.4, 0.5) is 11.4 Å². The minimum atomic E-state index is -1.19. The lowest BCUT2D eigenvalue weighted by Gasteiger charge is -2.28. The van der Waals surface area contributed by atoms with E-state index in [9.17, 15) is 44.1 Å². The zero-order valence-electron chi connectivity index (χ0n) is 29.1. The molecule has 0 saturated heterocycles. The minimum Gasteiger partial charge on any atom is -0.480 e. The fourth-order valence-corrected chi connectivity index (χ4v) is 4.35. The lowest BCUT2D eigenvalue weighted by Crippen LogP contribution is -2.47. The number of hydrogen-bond acceptors (Lipinski definition) is 10. The van der Waals surface area contributed by atoms with Gasteiger partial charge in [-0.15, -0.1) is 0 Å². The smallest absolute Gasteiger partial charge is 0.317 e. The van der Waals surface area contributed by atoms with Crippen molar-refractivity contribution in [1.82, 2.24) is 20.0 Å². The molecule has 272 valence electrons. The topological polar surface area (TPSA) is 223 Å². The van der Waals surface area contributed by atoms with Gasteiger partial charge in [0.25, 0.3) is 0 Å². The number of carbonyl (C=O) groups excluding carboxylic acids is 3. The normalized spacial score (nSPS) is 10.4. The van der Waals surface area contributed by atoms with Crippen LogP contribution in [0.25, 0.3) is 0 Å². The summed E-state index contributed by atoms with van der Waals surface area (Å²) < 4.78 is 0. The first kappa shape index (κ1) is 44.1. The van der Waals surface area contributed by atoms with Crippen molar-refractivity contribution in [3.63, 3.8) is 0 Å². The highest BCUT2D eigenvalue weighted by molar-refractivity contribution is 5.97. The molecule has 15 heteroatoms. The lowest BCUT2D eigenvalue weighted by molar-refractivity contribution is -0.141. The van der Waals surface area contributed by atoms with Gasteiger partial charge in [-0.05, 0) is 43.2 Å². The third kappa shape index (κ3) is 20.9. The van der Waals surface area contributed by atoms with Crippen LogP contribution >= 0.6 is 0 Å². The van der Waals surface area contributed by atoms with E-state index in [1.807, 2.05) is 39.8 Å². The molecule has 7 N–H and O–H groups in total. The fraction of sp³-hybridized carbons (Fsp3) is 0.471. The quantitative estimate of drug-likeness (QED) is 0.0817. The van der Waals surface area contributed by atoms with Gasteiger partial charge in [-0.2, -0.15) is 0 Å². The van der Waals surface area contributed by atoms with E-state index < -0.39 is 49.4 Å². The van der Waals surface area contributed by atoms with Gasteiger partial charge in [0, 0.05) is 49.7 Å². The Hall–Kier alpha value is -4.86. The van der Waals surface area contributed by atoms with Crippen molar-refractivity contribution in [3.05, 3.63) is 59.7 Å². The molecule has 0 aromatic heterocycles. The number of aliphatic carboxylic acids is 3. The molecule has 2 amide bonds. The SMILES string of the molecule is CC.CC.CC(=O)c1cccc(NC(=O)CN(CCN(CCN(CC(=O)O)CC(=O)NCCc2ccc(N)cc2)CC(=O)O)CC(=O)O)c1.